The second kappa shape index (κ2) is 15.7. The molecule has 43 heavy (non-hydrogen) atoms. The first-order valence-electron chi connectivity index (χ1n) is 14.5. The van der Waals surface area contributed by atoms with Gasteiger partial charge in [-0.3, -0.25) is 4.79 Å². The largest absolute Gasteiger partial charge is 0.494 e. The van der Waals surface area contributed by atoms with E-state index in [4.69, 9.17) is 9.47 Å². The molecule has 4 aromatic rings. The highest BCUT2D eigenvalue weighted by atomic mass is 19.1. The van der Waals surface area contributed by atoms with Crippen molar-refractivity contribution in [3.63, 3.8) is 0 Å². The standard InChI is InChI=1S/C34H37F2N3O4/c1-2-3-4-5-6-7-20-42-29-16-11-27(12-17-29)33(40)19-10-26-8-14-30(15-9-26)43-23-34(41,22-39-25-37-24-38-39)31-18-13-28(35)21-32(31)36/h8-19,21,24-25,41H,2-7,20,22-23H2,1H3. The fourth-order valence-corrected chi connectivity index (χ4v) is 4.59. The maximum Gasteiger partial charge on any atom is 0.185 e. The van der Waals surface area contributed by atoms with Crippen LogP contribution in [0, 0.1) is 11.6 Å². The summed E-state index contributed by atoms with van der Waals surface area (Å²) in [7, 11) is 0. The van der Waals surface area contributed by atoms with Gasteiger partial charge in [0, 0.05) is 17.2 Å². The maximum atomic E-state index is 14.6. The summed E-state index contributed by atoms with van der Waals surface area (Å²) in [6.45, 7) is 2.38. The second-order valence-corrected chi connectivity index (χ2v) is 10.4. The van der Waals surface area contributed by atoms with Crippen LogP contribution in [-0.4, -0.2) is 38.9 Å². The quantitative estimate of drug-likeness (QED) is 0.0799. The predicted molar refractivity (Wildman–Crippen MR) is 161 cm³/mol. The van der Waals surface area contributed by atoms with Crippen molar-refractivity contribution in [2.24, 2.45) is 0 Å². The Labute approximate surface area is 250 Å². The molecule has 0 aliphatic rings. The van der Waals surface area contributed by atoms with Gasteiger partial charge in [0.2, 0.25) is 0 Å². The monoisotopic (exact) mass is 589 g/mol. The van der Waals surface area contributed by atoms with Gasteiger partial charge in [0.25, 0.3) is 0 Å². The van der Waals surface area contributed by atoms with Crippen molar-refractivity contribution in [2.45, 2.75) is 57.6 Å². The summed E-state index contributed by atoms with van der Waals surface area (Å²) in [5, 5.41) is 15.3. The summed E-state index contributed by atoms with van der Waals surface area (Å²) in [5.74, 6) is -0.620. The van der Waals surface area contributed by atoms with Crippen molar-refractivity contribution in [2.75, 3.05) is 13.2 Å². The van der Waals surface area contributed by atoms with E-state index in [9.17, 15) is 18.7 Å². The number of rotatable bonds is 17. The van der Waals surface area contributed by atoms with E-state index < -0.39 is 17.2 Å². The number of aromatic nitrogens is 3. The second-order valence-electron chi connectivity index (χ2n) is 10.4. The third-order valence-electron chi connectivity index (χ3n) is 7.01. The normalized spacial score (nSPS) is 12.7. The van der Waals surface area contributed by atoms with E-state index in [0.29, 0.717) is 24.0 Å². The summed E-state index contributed by atoms with van der Waals surface area (Å²) in [5.41, 5.74) is -0.657. The average Bonchev–Trinajstić information content (AvgIpc) is 3.52. The molecule has 0 saturated heterocycles. The van der Waals surface area contributed by atoms with E-state index in [1.165, 1.54) is 55.2 Å². The van der Waals surface area contributed by atoms with Crippen LogP contribution in [0.5, 0.6) is 11.5 Å². The lowest BCUT2D eigenvalue weighted by Gasteiger charge is -2.29. The van der Waals surface area contributed by atoms with Crippen molar-refractivity contribution in [3.8, 4) is 11.5 Å². The Bertz CT molecular complexity index is 1460. The Balaban J connectivity index is 1.30. The molecular formula is C34H37F2N3O4. The fourth-order valence-electron chi connectivity index (χ4n) is 4.59. The van der Waals surface area contributed by atoms with Crippen LogP contribution in [0.25, 0.3) is 6.08 Å². The number of carbonyl (C=O) groups excluding carboxylic acids is 1. The number of hydrogen-bond donors (Lipinski definition) is 1. The number of ketones is 1. The van der Waals surface area contributed by atoms with Gasteiger partial charge in [0.15, 0.2) is 5.78 Å². The molecule has 0 aliphatic carbocycles. The molecular weight excluding hydrogens is 552 g/mol. The van der Waals surface area contributed by atoms with Crippen molar-refractivity contribution < 1.29 is 28.2 Å². The minimum absolute atomic E-state index is 0.125. The SMILES string of the molecule is CCCCCCCCOc1ccc(C(=O)C=Cc2ccc(OCC(O)(Cn3cncn3)c3ccc(F)cc3F)cc2)cc1. The molecule has 0 spiro atoms. The average molecular weight is 590 g/mol. The molecule has 4 rings (SSSR count). The number of allylic oxidation sites excluding steroid dienone is 1. The van der Waals surface area contributed by atoms with Crippen LogP contribution >= 0.6 is 0 Å². The van der Waals surface area contributed by atoms with Gasteiger partial charge in [-0.2, -0.15) is 5.10 Å². The van der Waals surface area contributed by atoms with Gasteiger partial charge < -0.3 is 14.6 Å². The molecule has 3 aromatic carbocycles. The van der Waals surface area contributed by atoms with Gasteiger partial charge in [-0.15, -0.1) is 0 Å². The van der Waals surface area contributed by atoms with Crippen molar-refractivity contribution in [3.05, 3.63) is 114 Å². The minimum Gasteiger partial charge on any atom is -0.494 e. The third-order valence-corrected chi connectivity index (χ3v) is 7.01. The summed E-state index contributed by atoms with van der Waals surface area (Å²) in [6, 6.07) is 17.0. The number of hydrogen-bond acceptors (Lipinski definition) is 6. The van der Waals surface area contributed by atoms with Crippen LogP contribution in [0.1, 0.15) is 66.9 Å². The van der Waals surface area contributed by atoms with Gasteiger partial charge in [-0.25, -0.2) is 18.4 Å². The van der Waals surface area contributed by atoms with E-state index >= 15 is 0 Å². The number of benzene rings is 3. The van der Waals surface area contributed by atoms with Crippen molar-refractivity contribution >= 4 is 11.9 Å². The Morgan fingerprint density at radius 3 is 2.33 bits per heavy atom. The smallest absolute Gasteiger partial charge is 0.185 e. The number of ether oxygens (including phenoxy) is 2. The lowest BCUT2D eigenvalue weighted by atomic mass is 9.94. The highest BCUT2D eigenvalue weighted by molar-refractivity contribution is 6.06. The Kier molecular flexibility index (Phi) is 11.6. The molecule has 0 radical (unpaired) electrons. The highest BCUT2D eigenvalue weighted by Crippen LogP contribution is 2.28. The highest BCUT2D eigenvalue weighted by Gasteiger charge is 2.34. The lowest BCUT2D eigenvalue weighted by Crippen LogP contribution is -2.39. The van der Waals surface area contributed by atoms with Gasteiger partial charge in [0.1, 0.15) is 48.0 Å². The maximum absolute atomic E-state index is 14.6. The molecule has 7 nitrogen and oxygen atoms in total. The molecule has 1 unspecified atom stereocenters. The zero-order valence-corrected chi connectivity index (χ0v) is 24.3. The Hall–Kier alpha value is -4.37. The Morgan fingerprint density at radius 2 is 1.63 bits per heavy atom. The van der Waals surface area contributed by atoms with E-state index in [0.717, 1.165) is 30.2 Å². The minimum atomic E-state index is -1.86. The molecule has 1 atom stereocenters. The molecule has 9 heteroatoms. The molecule has 0 aliphatic heterocycles. The van der Waals surface area contributed by atoms with Gasteiger partial charge in [-0.1, -0.05) is 63.3 Å². The van der Waals surface area contributed by atoms with E-state index in [2.05, 4.69) is 17.0 Å². The lowest BCUT2D eigenvalue weighted by molar-refractivity contribution is -0.0297. The Morgan fingerprint density at radius 1 is 0.930 bits per heavy atom. The van der Waals surface area contributed by atoms with Crippen molar-refractivity contribution in [1.82, 2.24) is 14.8 Å². The van der Waals surface area contributed by atoms with E-state index in [1.807, 2.05) is 12.1 Å². The molecule has 0 saturated carbocycles. The summed E-state index contributed by atoms with van der Waals surface area (Å²) in [6.07, 6.45) is 13.1. The zero-order valence-electron chi connectivity index (χ0n) is 24.3. The number of halogens is 2. The molecule has 226 valence electrons. The van der Waals surface area contributed by atoms with Gasteiger partial charge in [0.05, 0.1) is 13.2 Å². The van der Waals surface area contributed by atoms with Crippen LogP contribution in [0.15, 0.2) is 85.5 Å². The van der Waals surface area contributed by atoms with Gasteiger partial charge >= 0.3 is 0 Å². The van der Waals surface area contributed by atoms with Crippen LogP contribution in [-0.2, 0) is 12.1 Å². The van der Waals surface area contributed by atoms with Crippen LogP contribution in [0.3, 0.4) is 0 Å². The molecule has 0 amide bonds. The van der Waals surface area contributed by atoms with Crippen LogP contribution in [0.2, 0.25) is 0 Å². The molecule has 1 heterocycles. The number of nitrogens with zero attached hydrogens (tertiary/aromatic N) is 3. The molecule has 0 fully saturated rings. The zero-order chi connectivity index (χ0) is 30.5. The topological polar surface area (TPSA) is 86.5 Å². The number of unbranched alkanes of at least 4 members (excludes halogenated alkanes) is 5. The number of aliphatic hydroxyl groups is 1. The van der Waals surface area contributed by atoms with Gasteiger partial charge in [-0.05, 0) is 60.5 Å². The van der Waals surface area contributed by atoms with Crippen LogP contribution < -0.4 is 9.47 Å². The van der Waals surface area contributed by atoms with E-state index in [-0.39, 0.29) is 24.5 Å². The van der Waals surface area contributed by atoms with Crippen molar-refractivity contribution in [1.29, 1.82) is 0 Å². The predicted octanol–water partition coefficient (Wildman–Crippen LogP) is 7.16. The summed E-state index contributed by atoms with van der Waals surface area (Å²) < 4.78 is 41.1. The third kappa shape index (κ3) is 9.58. The first-order valence-corrected chi connectivity index (χ1v) is 14.5. The first kappa shape index (κ1) is 31.6. The molecule has 1 aromatic heterocycles. The van der Waals surface area contributed by atoms with E-state index in [1.54, 1.807) is 42.5 Å². The number of carbonyl (C=O) groups is 1. The summed E-state index contributed by atoms with van der Waals surface area (Å²) >= 11 is 0. The molecule has 0 bridgehead atoms. The first-order chi connectivity index (χ1) is 20.9. The fraction of sp³-hybridized carbons (Fsp3) is 0.324. The summed E-state index contributed by atoms with van der Waals surface area (Å²) in [4.78, 5) is 16.5. The molecule has 1 N–H and O–H groups in total. The van der Waals surface area contributed by atoms with Crippen LogP contribution in [0.4, 0.5) is 8.78 Å².